The highest BCUT2D eigenvalue weighted by Gasteiger charge is 2.31. The van der Waals surface area contributed by atoms with E-state index in [-0.39, 0.29) is 5.60 Å². The molecule has 2 heterocycles. The second-order valence-corrected chi connectivity index (χ2v) is 6.02. The van der Waals surface area contributed by atoms with E-state index in [2.05, 4.69) is 36.0 Å². The Balaban J connectivity index is 1.98. The van der Waals surface area contributed by atoms with Crippen LogP contribution in [-0.4, -0.2) is 34.7 Å². The Hall–Kier alpha value is -0.450. The first kappa shape index (κ1) is 13.0. The van der Waals surface area contributed by atoms with E-state index in [9.17, 15) is 0 Å². The average molecular weight is 254 g/mol. The highest BCUT2D eigenvalue weighted by Crippen LogP contribution is 2.28. The fraction of sp³-hybridized carbons (Fsp3) is 0.769. The van der Waals surface area contributed by atoms with Crippen molar-refractivity contribution in [2.24, 2.45) is 0 Å². The van der Waals surface area contributed by atoms with Gasteiger partial charge in [0.05, 0.1) is 16.8 Å². The maximum atomic E-state index is 5.79. The summed E-state index contributed by atoms with van der Waals surface area (Å²) < 4.78 is 5.79. The molecule has 17 heavy (non-hydrogen) atoms. The highest BCUT2D eigenvalue weighted by atomic mass is 32.1. The molecular weight excluding hydrogens is 232 g/mol. The standard InChI is InChI=1S/C13H22N2OS/c1-4-15(8-11-9-17-10-14-11)12-5-6-16-13(2,3)7-12/h9-10,12H,4-8H2,1-3H3. The predicted octanol–water partition coefficient (Wildman–Crippen LogP) is 2.92. The number of aromatic nitrogens is 1. The molecule has 2 rings (SSSR count). The minimum atomic E-state index is 0.0262. The van der Waals surface area contributed by atoms with Gasteiger partial charge in [0.1, 0.15) is 0 Å². The molecule has 0 radical (unpaired) electrons. The zero-order valence-electron chi connectivity index (χ0n) is 11.0. The van der Waals surface area contributed by atoms with Crippen molar-refractivity contribution in [1.29, 1.82) is 0 Å². The van der Waals surface area contributed by atoms with Gasteiger partial charge in [-0.05, 0) is 33.2 Å². The molecule has 0 saturated carbocycles. The molecule has 1 aliphatic heterocycles. The minimum Gasteiger partial charge on any atom is -0.375 e. The molecule has 1 unspecified atom stereocenters. The predicted molar refractivity (Wildman–Crippen MR) is 71.3 cm³/mol. The van der Waals surface area contributed by atoms with Crippen LogP contribution in [0.15, 0.2) is 10.9 Å². The van der Waals surface area contributed by atoms with E-state index in [4.69, 9.17) is 4.74 Å². The van der Waals surface area contributed by atoms with E-state index < -0.39 is 0 Å². The zero-order chi connectivity index (χ0) is 12.3. The number of thiazole rings is 1. The third kappa shape index (κ3) is 3.50. The Morgan fingerprint density at radius 3 is 3.00 bits per heavy atom. The van der Waals surface area contributed by atoms with Gasteiger partial charge in [-0.15, -0.1) is 11.3 Å². The first-order chi connectivity index (χ1) is 8.11. The Labute approximate surface area is 108 Å². The third-order valence-electron chi connectivity index (χ3n) is 3.44. The summed E-state index contributed by atoms with van der Waals surface area (Å²) in [4.78, 5) is 6.91. The summed E-state index contributed by atoms with van der Waals surface area (Å²) in [5, 5.41) is 2.15. The molecule has 0 aromatic carbocycles. The highest BCUT2D eigenvalue weighted by molar-refractivity contribution is 7.07. The van der Waals surface area contributed by atoms with Crippen molar-refractivity contribution in [3.05, 3.63) is 16.6 Å². The molecule has 1 aliphatic rings. The van der Waals surface area contributed by atoms with E-state index in [1.807, 2.05) is 5.51 Å². The zero-order valence-corrected chi connectivity index (χ0v) is 11.8. The van der Waals surface area contributed by atoms with E-state index >= 15 is 0 Å². The summed E-state index contributed by atoms with van der Waals surface area (Å²) in [7, 11) is 0. The van der Waals surface area contributed by atoms with Gasteiger partial charge in [-0.1, -0.05) is 6.92 Å². The molecular formula is C13H22N2OS. The second-order valence-electron chi connectivity index (χ2n) is 5.30. The van der Waals surface area contributed by atoms with Crippen LogP contribution in [0.2, 0.25) is 0 Å². The summed E-state index contributed by atoms with van der Waals surface area (Å²) in [5.74, 6) is 0. The largest absolute Gasteiger partial charge is 0.375 e. The molecule has 0 N–H and O–H groups in total. The molecule has 1 atom stereocenters. The van der Waals surface area contributed by atoms with E-state index in [1.165, 1.54) is 5.69 Å². The Morgan fingerprint density at radius 2 is 2.41 bits per heavy atom. The van der Waals surface area contributed by atoms with Gasteiger partial charge in [0, 0.05) is 24.6 Å². The SMILES string of the molecule is CCN(Cc1cscn1)C1CCOC(C)(C)C1. The lowest BCUT2D eigenvalue weighted by atomic mass is 9.92. The van der Waals surface area contributed by atoms with Crippen LogP contribution in [0.25, 0.3) is 0 Å². The summed E-state index contributed by atoms with van der Waals surface area (Å²) >= 11 is 1.68. The van der Waals surface area contributed by atoms with Crippen molar-refractivity contribution < 1.29 is 4.74 Å². The molecule has 0 spiro atoms. The Bertz CT molecular complexity index is 337. The van der Waals surface area contributed by atoms with E-state index in [0.29, 0.717) is 6.04 Å². The van der Waals surface area contributed by atoms with Crippen molar-refractivity contribution in [1.82, 2.24) is 9.88 Å². The second kappa shape index (κ2) is 5.46. The molecule has 0 aliphatic carbocycles. The number of rotatable bonds is 4. The lowest BCUT2D eigenvalue weighted by Gasteiger charge is -2.40. The number of nitrogens with zero attached hydrogens (tertiary/aromatic N) is 2. The average Bonchev–Trinajstić information content (AvgIpc) is 2.77. The van der Waals surface area contributed by atoms with Gasteiger partial charge < -0.3 is 4.74 Å². The fourth-order valence-electron chi connectivity index (χ4n) is 2.53. The van der Waals surface area contributed by atoms with Gasteiger partial charge in [-0.3, -0.25) is 4.90 Å². The quantitative estimate of drug-likeness (QED) is 0.826. The van der Waals surface area contributed by atoms with Crippen LogP contribution in [0.5, 0.6) is 0 Å². The minimum absolute atomic E-state index is 0.0262. The topological polar surface area (TPSA) is 25.4 Å². The lowest BCUT2D eigenvalue weighted by molar-refractivity contribution is -0.0839. The Morgan fingerprint density at radius 1 is 1.59 bits per heavy atom. The molecule has 1 aromatic heterocycles. The number of ether oxygens (including phenoxy) is 1. The van der Waals surface area contributed by atoms with Gasteiger partial charge in [0.15, 0.2) is 0 Å². The summed E-state index contributed by atoms with van der Waals surface area (Å²) in [6, 6.07) is 0.630. The van der Waals surface area contributed by atoms with Gasteiger partial charge in [-0.25, -0.2) is 4.98 Å². The maximum Gasteiger partial charge on any atom is 0.0795 e. The molecule has 96 valence electrons. The number of hydrogen-bond donors (Lipinski definition) is 0. The molecule has 4 heteroatoms. The van der Waals surface area contributed by atoms with Crippen LogP contribution in [-0.2, 0) is 11.3 Å². The van der Waals surface area contributed by atoms with Crippen LogP contribution in [0.3, 0.4) is 0 Å². The first-order valence-electron chi connectivity index (χ1n) is 6.36. The first-order valence-corrected chi connectivity index (χ1v) is 7.30. The van der Waals surface area contributed by atoms with Crippen LogP contribution in [0.4, 0.5) is 0 Å². The normalized spacial score (nSPS) is 24.1. The fourth-order valence-corrected chi connectivity index (χ4v) is 3.08. The smallest absolute Gasteiger partial charge is 0.0795 e. The van der Waals surface area contributed by atoms with E-state index in [0.717, 1.165) is 32.5 Å². The molecule has 0 amide bonds. The summed E-state index contributed by atoms with van der Waals surface area (Å²) in [6.45, 7) is 9.55. The monoisotopic (exact) mass is 254 g/mol. The molecule has 1 fully saturated rings. The molecule has 0 bridgehead atoms. The third-order valence-corrected chi connectivity index (χ3v) is 4.08. The van der Waals surface area contributed by atoms with Crippen LogP contribution >= 0.6 is 11.3 Å². The van der Waals surface area contributed by atoms with Crippen molar-refractivity contribution in [3.8, 4) is 0 Å². The Kier molecular flexibility index (Phi) is 4.17. The van der Waals surface area contributed by atoms with E-state index in [1.54, 1.807) is 11.3 Å². The summed E-state index contributed by atoms with van der Waals surface area (Å²) in [5.41, 5.74) is 3.14. The van der Waals surface area contributed by atoms with Gasteiger partial charge in [-0.2, -0.15) is 0 Å². The van der Waals surface area contributed by atoms with Crippen molar-refractivity contribution in [2.45, 2.75) is 51.8 Å². The summed E-state index contributed by atoms with van der Waals surface area (Å²) in [6.07, 6.45) is 2.26. The van der Waals surface area contributed by atoms with Gasteiger partial charge >= 0.3 is 0 Å². The van der Waals surface area contributed by atoms with Crippen molar-refractivity contribution in [3.63, 3.8) is 0 Å². The van der Waals surface area contributed by atoms with Gasteiger partial charge in [0.25, 0.3) is 0 Å². The number of hydrogen-bond acceptors (Lipinski definition) is 4. The maximum absolute atomic E-state index is 5.79. The van der Waals surface area contributed by atoms with Crippen molar-refractivity contribution in [2.75, 3.05) is 13.2 Å². The molecule has 1 saturated heterocycles. The lowest BCUT2D eigenvalue weighted by Crippen LogP contribution is -2.45. The van der Waals surface area contributed by atoms with Crippen LogP contribution < -0.4 is 0 Å². The molecule has 3 nitrogen and oxygen atoms in total. The van der Waals surface area contributed by atoms with Crippen molar-refractivity contribution >= 4 is 11.3 Å². The molecule has 1 aromatic rings. The van der Waals surface area contributed by atoms with Gasteiger partial charge in [0.2, 0.25) is 0 Å². The van der Waals surface area contributed by atoms with Crippen LogP contribution in [0, 0.1) is 0 Å². The van der Waals surface area contributed by atoms with Crippen LogP contribution in [0.1, 0.15) is 39.3 Å².